The Morgan fingerprint density at radius 3 is 2.45 bits per heavy atom. The molecule has 29 heavy (non-hydrogen) atoms. The van der Waals surface area contributed by atoms with Gasteiger partial charge in [-0.1, -0.05) is 36.9 Å². The number of sulfonamides is 1. The molecule has 2 aromatic rings. The van der Waals surface area contributed by atoms with Gasteiger partial charge in [0, 0.05) is 5.75 Å². The molecule has 0 spiro atoms. The molecule has 0 radical (unpaired) electrons. The van der Waals surface area contributed by atoms with Crippen molar-refractivity contribution >= 4 is 49.8 Å². The van der Waals surface area contributed by atoms with E-state index in [1.54, 1.807) is 36.0 Å². The van der Waals surface area contributed by atoms with Crippen LogP contribution in [0.3, 0.4) is 0 Å². The Kier molecular flexibility index (Phi) is 8.29. The summed E-state index contributed by atoms with van der Waals surface area (Å²) < 4.78 is 32.0. The van der Waals surface area contributed by atoms with Gasteiger partial charge in [-0.05, 0) is 44.0 Å². The van der Waals surface area contributed by atoms with E-state index in [1.165, 1.54) is 18.3 Å². The standard InChI is InChI=1S/C18H26N4O4S3/c1-6-26-15-9-7-14(8-10-15)22(29(5,24)25)13(4)16(23)19-17-20-21-18(28-17)27-11-12(2)3/h7-10,12-13H,6,11H2,1-5H3,(H,19,20,23). The summed E-state index contributed by atoms with van der Waals surface area (Å²) in [6, 6.07) is 5.59. The van der Waals surface area contributed by atoms with Crippen molar-refractivity contribution in [3.8, 4) is 5.75 Å². The zero-order valence-electron chi connectivity index (χ0n) is 17.1. The molecular weight excluding hydrogens is 432 g/mol. The van der Waals surface area contributed by atoms with Crippen molar-refractivity contribution in [1.82, 2.24) is 10.2 Å². The lowest BCUT2D eigenvalue weighted by Crippen LogP contribution is -2.45. The molecule has 1 unspecified atom stereocenters. The van der Waals surface area contributed by atoms with Crippen LogP contribution in [0, 0.1) is 5.92 Å². The van der Waals surface area contributed by atoms with Gasteiger partial charge in [0.1, 0.15) is 11.8 Å². The number of carbonyl (C=O) groups is 1. The number of thioether (sulfide) groups is 1. The molecule has 11 heteroatoms. The van der Waals surface area contributed by atoms with Crippen molar-refractivity contribution < 1.29 is 17.9 Å². The molecule has 0 aliphatic heterocycles. The zero-order valence-corrected chi connectivity index (χ0v) is 19.5. The number of aromatic nitrogens is 2. The Balaban J connectivity index is 2.14. The lowest BCUT2D eigenvalue weighted by molar-refractivity contribution is -0.116. The number of nitrogens with one attached hydrogen (secondary N) is 1. The summed E-state index contributed by atoms with van der Waals surface area (Å²) in [6.07, 6.45) is 1.07. The lowest BCUT2D eigenvalue weighted by Gasteiger charge is -2.28. The second-order valence-corrected chi connectivity index (χ2v) is 10.8. The fourth-order valence-electron chi connectivity index (χ4n) is 2.43. The number of amides is 1. The Labute approximate surface area is 180 Å². The number of hydrogen-bond donors (Lipinski definition) is 1. The van der Waals surface area contributed by atoms with Gasteiger partial charge in [0.2, 0.25) is 21.1 Å². The molecule has 1 aromatic carbocycles. The van der Waals surface area contributed by atoms with E-state index in [0.717, 1.165) is 20.7 Å². The first-order valence-electron chi connectivity index (χ1n) is 9.11. The second kappa shape index (κ2) is 10.3. The third-order valence-electron chi connectivity index (χ3n) is 3.67. The zero-order chi connectivity index (χ0) is 21.6. The van der Waals surface area contributed by atoms with Gasteiger partial charge in [-0.3, -0.25) is 14.4 Å². The summed E-state index contributed by atoms with van der Waals surface area (Å²) in [4.78, 5) is 12.7. The van der Waals surface area contributed by atoms with Crippen molar-refractivity contribution in [2.75, 3.05) is 28.2 Å². The molecule has 160 valence electrons. The molecule has 0 fully saturated rings. The highest BCUT2D eigenvalue weighted by Crippen LogP contribution is 2.28. The SMILES string of the molecule is CCOc1ccc(N(C(C)C(=O)Nc2nnc(SCC(C)C)s2)S(C)(=O)=O)cc1. The third kappa shape index (κ3) is 6.86. The molecule has 8 nitrogen and oxygen atoms in total. The van der Waals surface area contributed by atoms with Gasteiger partial charge < -0.3 is 4.74 Å². The van der Waals surface area contributed by atoms with Crippen molar-refractivity contribution in [1.29, 1.82) is 0 Å². The van der Waals surface area contributed by atoms with Gasteiger partial charge in [-0.15, -0.1) is 10.2 Å². The molecule has 2 rings (SSSR count). The number of carbonyl (C=O) groups excluding carboxylic acids is 1. The van der Waals surface area contributed by atoms with E-state index >= 15 is 0 Å². The first-order valence-corrected chi connectivity index (χ1v) is 12.8. The average Bonchev–Trinajstić information content (AvgIpc) is 3.08. The third-order valence-corrected chi connectivity index (χ3v) is 7.31. The predicted octanol–water partition coefficient (Wildman–Crippen LogP) is 3.48. The van der Waals surface area contributed by atoms with E-state index in [0.29, 0.717) is 29.1 Å². The summed E-state index contributed by atoms with van der Waals surface area (Å²) in [5.74, 6) is 1.56. The first-order chi connectivity index (χ1) is 13.6. The van der Waals surface area contributed by atoms with Gasteiger partial charge in [-0.2, -0.15) is 0 Å². The molecule has 1 heterocycles. The molecule has 0 aliphatic rings. The quantitative estimate of drug-likeness (QED) is 0.430. The van der Waals surface area contributed by atoms with E-state index in [-0.39, 0.29) is 0 Å². The maximum atomic E-state index is 12.7. The maximum Gasteiger partial charge on any atom is 0.249 e. The van der Waals surface area contributed by atoms with E-state index in [2.05, 4.69) is 29.4 Å². The number of ether oxygens (including phenoxy) is 1. The minimum Gasteiger partial charge on any atom is -0.494 e. The first kappa shape index (κ1) is 23.4. The Bertz CT molecular complexity index is 913. The minimum atomic E-state index is -3.70. The number of anilines is 2. The predicted molar refractivity (Wildman–Crippen MR) is 118 cm³/mol. The summed E-state index contributed by atoms with van der Waals surface area (Å²) in [7, 11) is -3.70. The van der Waals surface area contributed by atoms with Gasteiger partial charge in [0.25, 0.3) is 0 Å². The number of nitrogens with zero attached hydrogens (tertiary/aromatic N) is 3. The highest BCUT2D eigenvalue weighted by molar-refractivity contribution is 8.01. The largest absolute Gasteiger partial charge is 0.494 e. The monoisotopic (exact) mass is 458 g/mol. The molecule has 1 N–H and O–H groups in total. The van der Waals surface area contributed by atoms with Crippen LogP contribution in [0.1, 0.15) is 27.7 Å². The maximum absolute atomic E-state index is 12.7. The van der Waals surface area contributed by atoms with Crippen molar-refractivity contribution in [2.24, 2.45) is 5.92 Å². The number of benzene rings is 1. The molecule has 1 aromatic heterocycles. The van der Waals surface area contributed by atoms with Crippen LogP contribution in [0.4, 0.5) is 10.8 Å². The van der Waals surface area contributed by atoms with Crippen LogP contribution in [-0.2, 0) is 14.8 Å². The lowest BCUT2D eigenvalue weighted by atomic mass is 10.2. The van der Waals surface area contributed by atoms with E-state index < -0.39 is 22.0 Å². The van der Waals surface area contributed by atoms with Crippen LogP contribution < -0.4 is 14.4 Å². The van der Waals surface area contributed by atoms with Crippen LogP contribution in [-0.4, -0.2) is 49.2 Å². The number of rotatable bonds is 10. The van der Waals surface area contributed by atoms with Crippen molar-refractivity contribution in [3.05, 3.63) is 24.3 Å². The summed E-state index contributed by atoms with van der Waals surface area (Å²) in [5, 5.41) is 11.0. The molecule has 0 bridgehead atoms. The van der Waals surface area contributed by atoms with Crippen molar-refractivity contribution in [2.45, 2.75) is 38.1 Å². The highest BCUT2D eigenvalue weighted by atomic mass is 32.2. The van der Waals surface area contributed by atoms with Crippen LogP contribution in [0.5, 0.6) is 5.75 Å². The minimum absolute atomic E-state index is 0.341. The molecule has 0 aliphatic carbocycles. The topological polar surface area (TPSA) is 101 Å². The fourth-order valence-corrected chi connectivity index (χ4v) is 5.34. The van der Waals surface area contributed by atoms with Crippen LogP contribution in [0.15, 0.2) is 28.6 Å². The molecule has 1 atom stereocenters. The van der Waals surface area contributed by atoms with Crippen LogP contribution in [0.2, 0.25) is 0 Å². The fraction of sp³-hybridized carbons (Fsp3) is 0.500. The number of hydrogen-bond acceptors (Lipinski definition) is 8. The van der Waals surface area contributed by atoms with Gasteiger partial charge >= 0.3 is 0 Å². The molecular formula is C18H26N4O4S3. The smallest absolute Gasteiger partial charge is 0.249 e. The van der Waals surface area contributed by atoms with E-state index in [4.69, 9.17) is 4.74 Å². The average molecular weight is 459 g/mol. The van der Waals surface area contributed by atoms with Gasteiger partial charge in [0.15, 0.2) is 4.34 Å². The van der Waals surface area contributed by atoms with E-state index in [9.17, 15) is 13.2 Å². The normalized spacial score (nSPS) is 12.6. The summed E-state index contributed by atoms with van der Waals surface area (Å²) in [5.41, 5.74) is 0.379. The Hall–Kier alpha value is -1.85. The van der Waals surface area contributed by atoms with Gasteiger partial charge in [0.05, 0.1) is 18.6 Å². The Morgan fingerprint density at radius 1 is 1.24 bits per heavy atom. The van der Waals surface area contributed by atoms with Crippen molar-refractivity contribution in [3.63, 3.8) is 0 Å². The Morgan fingerprint density at radius 2 is 1.90 bits per heavy atom. The van der Waals surface area contributed by atoms with Crippen LogP contribution >= 0.6 is 23.1 Å². The van der Waals surface area contributed by atoms with Crippen LogP contribution in [0.25, 0.3) is 0 Å². The van der Waals surface area contributed by atoms with E-state index in [1.807, 2.05) is 6.92 Å². The second-order valence-electron chi connectivity index (χ2n) is 6.73. The molecule has 0 saturated carbocycles. The molecule has 1 amide bonds. The summed E-state index contributed by atoms with van der Waals surface area (Å²) >= 11 is 2.84. The highest BCUT2D eigenvalue weighted by Gasteiger charge is 2.29. The van der Waals surface area contributed by atoms with Gasteiger partial charge in [-0.25, -0.2) is 8.42 Å². The summed E-state index contributed by atoms with van der Waals surface area (Å²) in [6.45, 7) is 8.12. The molecule has 0 saturated heterocycles.